The van der Waals surface area contributed by atoms with E-state index >= 15 is 0 Å². The number of hydrogen-bond acceptors (Lipinski definition) is 6. The Balaban J connectivity index is 1.50. The number of rotatable bonds is 8. The quantitative estimate of drug-likeness (QED) is 0.352. The van der Waals surface area contributed by atoms with Gasteiger partial charge in [0.15, 0.2) is 0 Å². The maximum atomic E-state index is 13.3. The summed E-state index contributed by atoms with van der Waals surface area (Å²) in [4.78, 5) is 42.2. The van der Waals surface area contributed by atoms with Gasteiger partial charge in [-0.1, -0.05) is 24.3 Å². The van der Waals surface area contributed by atoms with E-state index in [9.17, 15) is 22.8 Å². The predicted octanol–water partition coefficient (Wildman–Crippen LogP) is 1.10. The molecule has 0 aliphatic carbocycles. The molecule has 0 spiro atoms. The summed E-state index contributed by atoms with van der Waals surface area (Å²) in [5.74, 6) is -1.57. The second-order valence-corrected chi connectivity index (χ2v) is 11.4. The van der Waals surface area contributed by atoms with Crippen molar-refractivity contribution in [2.75, 3.05) is 6.54 Å². The Morgan fingerprint density at radius 2 is 2.00 bits per heavy atom. The van der Waals surface area contributed by atoms with Crippen molar-refractivity contribution >= 4 is 50.0 Å². The van der Waals surface area contributed by atoms with Crippen molar-refractivity contribution in [3.05, 3.63) is 53.5 Å². The van der Waals surface area contributed by atoms with E-state index in [2.05, 4.69) is 15.0 Å². The minimum absolute atomic E-state index is 0.0780. The van der Waals surface area contributed by atoms with Gasteiger partial charge in [0, 0.05) is 43.0 Å². The first-order valence-electron chi connectivity index (χ1n) is 11.1. The van der Waals surface area contributed by atoms with E-state index in [1.54, 1.807) is 17.6 Å². The molecule has 1 fully saturated rings. The van der Waals surface area contributed by atoms with Crippen LogP contribution in [-0.2, 0) is 30.8 Å². The van der Waals surface area contributed by atoms with E-state index in [1.165, 1.54) is 17.9 Å². The van der Waals surface area contributed by atoms with E-state index in [4.69, 9.17) is 5.73 Å². The van der Waals surface area contributed by atoms with Crippen LogP contribution < -0.4 is 15.8 Å². The summed E-state index contributed by atoms with van der Waals surface area (Å²) >= 11 is 1.10. The number of H-pyrrole nitrogens is 1. The van der Waals surface area contributed by atoms with Gasteiger partial charge in [0.05, 0.1) is 0 Å². The van der Waals surface area contributed by atoms with Gasteiger partial charge in [-0.25, -0.2) is 13.1 Å². The number of likely N-dealkylation sites (tertiary alicyclic amines) is 1. The van der Waals surface area contributed by atoms with Crippen LogP contribution in [0, 0.1) is 0 Å². The topological polar surface area (TPSA) is 154 Å². The van der Waals surface area contributed by atoms with E-state index in [0.717, 1.165) is 27.8 Å². The molecule has 5 N–H and O–H groups in total. The number of nitrogens with one attached hydrogen (secondary N) is 3. The smallest absolute Gasteiger partial charge is 0.250 e. The Kier molecular flexibility index (Phi) is 7.24. The van der Waals surface area contributed by atoms with E-state index in [0.29, 0.717) is 6.42 Å². The van der Waals surface area contributed by atoms with Crippen molar-refractivity contribution in [3.63, 3.8) is 0 Å². The molecule has 0 bridgehead atoms. The second kappa shape index (κ2) is 10.2. The van der Waals surface area contributed by atoms with Gasteiger partial charge in [0.1, 0.15) is 16.3 Å². The summed E-state index contributed by atoms with van der Waals surface area (Å²) in [6.07, 6.45) is 2.38. The number of nitrogens with zero attached hydrogens (tertiary/aromatic N) is 1. The molecule has 1 aromatic carbocycles. The Hall–Kier alpha value is -3.22. The molecule has 1 aliphatic heterocycles. The number of para-hydroxylation sites is 1. The third-order valence-electron chi connectivity index (χ3n) is 6.15. The third kappa shape index (κ3) is 5.55. The number of amides is 3. The standard InChI is InChI=1S/C23H27N5O5S2/c1-14(29)28-9-8-16(27-35(32,33)21-7-4-10-34-21)12-20(28)23(31)26-19(22(24)30)11-15-13-25-18-6-3-2-5-17(15)18/h2-7,10,13,16,19-20,25,27H,8-9,11-12H2,1H3,(H2,24,30)(H,26,31)/t16-,19+,20-/m0/s1. The van der Waals surface area contributed by atoms with Gasteiger partial charge >= 0.3 is 0 Å². The van der Waals surface area contributed by atoms with Crippen LogP contribution in [0.25, 0.3) is 10.9 Å². The molecule has 3 amide bonds. The molecule has 0 radical (unpaired) electrons. The lowest BCUT2D eigenvalue weighted by atomic mass is 9.96. The summed E-state index contributed by atoms with van der Waals surface area (Å²) in [6.45, 7) is 1.56. The lowest BCUT2D eigenvalue weighted by Gasteiger charge is -2.38. The predicted molar refractivity (Wildman–Crippen MR) is 132 cm³/mol. The van der Waals surface area contributed by atoms with Crippen LogP contribution in [0.4, 0.5) is 0 Å². The number of thiophene rings is 1. The zero-order chi connectivity index (χ0) is 25.2. The largest absolute Gasteiger partial charge is 0.368 e. The molecule has 0 unspecified atom stereocenters. The highest BCUT2D eigenvalue weighted by Gasteiger charge is 2.38. The molecule has 3 heterocycles. The van der Waals surface area contributed by atoms with Gasteiger partial charge < -0.3 is 20.9 Å². The number of primary amides is 1. The summed E-state index contributed by atoms with van der Waals surface area (Å²) in [7, 11) is -3.74. The van der Waals surface area contributed by atoms with Gasteiger partial charge in [0.25, 0.3) is 0 Å². The lowest BCUT2D eigenvalue weighted by Crippen LogP contribution is -2.59. The maximum Gasteiger partial charge on any atom is 0.250 e. The highest BCUT2D eigenvalue weighted by molar-refractivity contribution is 7.91. The highest BCUT2D eigenvalue weighted by Crippen LogP contribution is 2.23. The van der Waals surface area contributed by atoms with Crippen LogP contribution >= 0.6 is 11.3 Å². The number of fused-ring (bicyclic) bond motifs is 1. The first-order valence-corrected chi connectivity index (χ1v) is 13.5. The number of benzene rings is 1. The van der Waals surface area contributed by atoms with E-state index in [1.807, 2.05) is 24.3 Å². The maximum absolute atomic E-state index is 13.3. The van der Waals surface area contributed by atoms with Crippen LogP contribution in [0.2, 0.25) is 0 Å². The normalized spacial score (nSPS) is 19.4. The molecule has 0 saturated carbocycles. The monoisotopic (exact) mass is 517 g/mol. The number of carbonyl (C=O) groups excluding carboxylic acids is 3. The molecule has 1 saturated heterocycles. The van der Waals surface area contributed by atoms with Crippen molar-refractivity contribution in [1.82, 2.24) is 19.9 Å². The Morgan fingerprint density at radius 1 is 1.23 bits per heavy atom. The van der Waals surface area contributed by atoms with Gasteiger partial charge in [-0.2, -0.15) is 0 Å². The minimum Gasteiger partial charge on any atom is -0.368 e. The molecule has 10 nitrogen and oxygen atoms in total. The molecule has 2 aromatic heterocycles. The van der Waals surface area contributed by atoms with Crippen LogP contribution in [0.5, 0.6) is 0 Å². The molecule has 12 heteroatoms. The fourth-order valence-electron chi connectivity index (χ4n) is 4.40. The first-order chi connectivity index (χ1) is 16.7. The van der Waals surface area contributed by atoms with Crippen molar-refractivity contribution < 1.29 is 22.8 Å². The molecular weight excluding hydrogens is 490 g/mol. The van der Waals surface area contributed by atoms with Crippen molar-refractivity contribution in [3.8, 4) is 0 Å². The van der Waals surface area contributed by atoms with E-state index in [-0.39, 0.29) is 29.5 Å². The highest BCUT2D eigenvalue weighted by atomic mass is 32.2. The molecule has 4 rings (SSSR count). The zero-order valence-corrected chi connectivity index (χ0v) is 20.7. The molecular formula is C23H27N5O5S2. The second-order valence-electron chi connectivity index (χ2n) is 8.53. The Morgan fingerprint density at radius 3 is 2.69 bits per heavy atom. The van der Waals surface area contributed by atoms with Crippen molar-refractivity contribution in [1.29, 1.82) is 0 Å². The summed E-state index contributed by atoms with van der Waals surface area (Å²) in [5.41, 5.74) is 7.31. The number of aromatic nitrogens is 1. The fraction of sp³-hybridized carbons (Fsp3) is 0.348. The first kappa shape index (κ1) is 24.9. The Labute approximate surface area is 206 Å². The van der Waals surface area contributed by atoms with Crippen LogP contribution in [0.15, 0.2) is 52.2 Å². The molecule has 1 aliphatic rings. The molecule has 186 valence electrons. The van der Waals surface area contributed by atoms with Crippen molar-refractivity contribution in [2.24, 2.45) is 5.73 Å². The lowest BCUT2D eigenvalue weighted by molar-refractivity contribution is -0.142. The van der Waals surface area contributed by atoms with Crippen LogP contribution in [0.3, 0.4) is 0 Å². The fourth-order valence-corrected chi connectivity index (χ4v) is 6.70. The number of nitrogens with two attached hydrogens (primary N) is 1. The summed E-state index contributed by atoms with van der Waals surface area (Å²) in [6, 6.07) is 8.23. The average Bonchev–Trinajstić information content (AvgIpc) is 3.49. The van der Waals surface area contributed by atoms with Gasteiger partial charge in [0.2, 0.25) is 27.7 Å². The van der Waals surface area contributed by atoms with Crippen LogP contribution in [-0.4, -0.2) is 60.7 Å². The van der Waals surface area contributed by atoms with Gasteiger partial charge in [-0.05, 0) is 35.9 Å². The minimum atomic E-state index is -3.74. The average molecular weight is 518 g/mol. The molecule has 35 heavy (non-hydrogen) atoms. The van der Waals surface area contributed by atoms with Crippen molar-refractivity contribution in [2.45, 2.75) is 48.5 Å². The number of hydrogen-bond donors (Lipinski definition) is 4. The van der Waals surface area contributed by atoms with Gasteiger partial charge in [-0.15, -0.1) is 11.3 Å². The Bertz CT molecular complexity index is 1340. The molecule has 3 aromatic rings. The summed E-state index contributed by atoms with van der Waals surface area (Å²) < 4.78 is 28.1. The number of carbonyl (C=O) groups is 3. The number of sulfonamides is 1. The summed E-state index contributed by atoms with van der Waals surface area (Å²) in [5, 5.41) is 5.27. The van der Waals surface area contributed by atoms with Crippen LogP contribution in [0.1, 0.15) is 25.3 Å². The number of piperidine rings is 1. The van der Waals surface area contributed by atoms with Gasteiger partial charge in [-0.3, -0.25) is 14.4 Å². The zero-order valence-electron chi connectivity index (χ0n) is 19.1. The third-order valence-corrected chi connectivity index (χ3v) is 9.07. The van der Waals surface area contributed by atoms with E-state index < -0.39 is 40.0 Å². The number of aromatic amines is 1. The molecule has 3 atom stereocenters. The SMILES string of the molecule is CC(=O)N1CC[C@H](NS(=O)(=O)c2cccs2)C[C@H]1C(=O)N[C@H](Cc1c[nH]c2ccccc12)C(N)=O.